The fourth-order valence-electron chi connectivity index (χ4n) is 3.60. The summed E-state index contributed by atoms with van der Waals surface area (Å²) in [6, 6.07) is 7.33. The van der Waals surface area contributed by atoms with Gasteiger partial charge in [-0.3, -0.25) is 14.2 Å². The molecule has 1 fully saturated rings. The third-order valence-electron chi connectivity index (χ3n) is 5.16. The molecule has 3 rings (SSSR count). The molecule has 1 heterocycles. The lowest BCUT2D eigenvalue weighted by atomic mass is 9.86. The molecule has 2 aromatic rings. The van der Waals surface area contributed by atoms with Crippen LogP contribution < -0.4 is 11.1 Å². The first-order valence-electron chi connectivity index (χ1n) is 9.58. The number of para-hydroxylation sites is 2. The SMILES string of the molecule is CC1CCCCC1NC(=O)COC(=O)CCCn1c(=O)oc2ccccc21. The van der Waals surface area contributed by atoms with Crippen LogP contribution in [0.5, 0.6) is 0 Å². The molecule has 2 atom stereocenters. The summed E-state index contributed by atoms with van der Waals surface area (Å²) >= 11 is 0. The summed E-state index contributed by atoms with van der Waals surface area (Å²) in [5.74, 6) is -0.672. The first-order valence-corrected chi connectivity index (χ1v) is 9.58. The highest BCUT2D eigenvalue weighted by Gasteiger charge is 2.23. The Kier molecular flexibility index (Phi) is 6.32. The van der Waals surface area contributed by atoms with Crippen molar-refractivity contribution in [2.45, 2.75) is 58.0 Å². The molecule has 1 amide bonds. The third kappa shape index (κ3) is 4.99. The smallest absolute Gasteiger partial charge is 0.419 e. The Morgan fingerprint density at radius 2 is 2.04 bits per heavy atom. The second-order valence-corrected chi connectivity index (χ2v) is 7.19. The fourth-order valence-corrected chi connectivity index (χ4v) is 3.60. The highest BCUT2D eigenvalue weighted by Crippen LogP contribution is 2.23. The van der Waals surface area contributed by atoms with Crippen molar-refractivity contribution in [3.05, 3.63) is 34.8 Å². The van der Waals surface area contributed by atoms with Gasteiger partial charge in [-0.15, -0.1) is 0 Å². The Hall–Kier alpha value is -2.57. The standard InChI is InChI=1S/C20H26N2O5/c1-14-7-2-3-8-15(14)21-18(23)13-26-19(24)11-6-12-22-16-9-4-5-10-17(16)27-20(22)25/h4-5,9-10,14-15H,2-3,6-8,11-13H2,1H3,(H,21,23). The molecule has 27 heavy (non-hydrogen) atoms. The van der Waals surface area contributed by atoms with E-state index in [1.54, 1.807) is 18.2 Å². The molecular weight excluding hydrogens is 348 g/mol. The van der Waals surface area contributed by atoms with E-state index in [2.05, 4.69) is 12.2 Å². The van der Waals surface area contributed by atoms with Gasteiger partial charge in [0.15, 0.2) is 12.2 Å². The molecule has 0 radical (unpaired) electrons. The van der Waals surface area contributed by atoms with Crippen molar-refractivity contribution in [1.29, 1.82) is 0 Å². The Balaban J connectivity index is 1.40. The number of hydrogen-bond donors (Lipinski definition) is 1. The number of ether oxygens (including phenoxy) is 1. The lowest BCUT2D eigenvalue weighted by molar-refractivity contribution is -0.149. The van der Waals surface area contributed by atoms with Gasteiger partial charge < -0.3 is 14.5 Å². The minimum atomic E-state index is -0.442. The van der Waals surface area contributed by atoms with Crippen molar-refractivity contribution in [1.82, 2.24) is 9.88 Å². The molecule has 7 heteroatoms. The lowest BCUT2D eigenvalue weighted by Crippen LogP contribution is -2.42. The minimum absolute atomic E-state index is 0.138. The zero-order chi connectivity index (χ0) is 19.2. The molecule has 0 aliphatic heterocycles. The second kappa shape index (κ2) is 8.88. The second-order valence-electron chi connectivity index (χ2n) is 7.19. The van der Waals surface area contributed by atoms with Gasteiger partial charge in [0.05, 0.1) is 5.52 Å². The number of fused-ring (bicyclic) bond motifs is 1. The predicted molar refractivity (Wildman–Crippen MR) is 100 cm³/mol. The van der Waals surface area contributed by atoms with Crippen LogP contribution >= 0.6 is 0 Å². The van der Waals surface area contributed by atoms with Gasteiger partial charge in [0.25, 0.3) is 5.91 Å². The van der Waals surface area contributed by atoms with Crippen LogP contribution in [0.15, 0.2) is 33.5 Å². The van der Waals surface area contributed by atoms with Gasteiger partial charge in [0.2, 0.25) is 0 Å². The number of amides is 1. The van der Waals surface area contributed by atoms with Crippen molar-refractivity contribution in [3.63, 3.8) is 0 Å². The maximum absolute atomic E-state index is 12.0. The number of oxazole rings is 1. The van der Waals surface area contributed by atoms with E-state index in [1.807, 2.05) is 6.07 Å². The van der Waals surface area contributed by atoms with Gasteiger partial charge in [-0.2, -0.15) is 0 Å². The molecule has 1 aliphatic rings. The third-order valence-corrected chi connectivity index (χ3v) is 5.16. The summed E-state index contributed by atoms with van der Waals surface area (Å²) in [7, 11) is 0. The number of hydrogen-bond acceptors (Lipinski definition) is 5. The molecule has 1 aromatic heterocycles. The Bertz CT molecular complexity index is 853. The van der Waals surface area contributed by atoms with Crippen LogP contribution in [0.1, 0.15) is 45.4 Å². The maximum Gasteiger partial charge on any atom is 0.419 e. The predicted octanol–water partition coefficient (Wildman–Crippen LogP) is 2.61. The molecule has 0 bridgehead atoms. The summed E-state index contributed by atoms with van der Waals surface area (Å²) in [6.45, 7) is 2.24. The van der Waals surface area contributed by atoms with Crippen LogP contribution in [0.4, 0.5) is 0 Å². The number of carbonyl (C=O) groups is 2. The minimum Gasteiger partial charge on any atom is -0.456 e. The van der Waals surface area contributed by atoms with Gasteiger partial charge in [-0.25, -0.2) is 4.79 Å². The summed E-state index contributed by atoms with van der Waals surface area (Å²) in [5, 5.41) is 2.96. The van der Waals surface area contributed by atoms with E-state index in [0.717, 1.165) is 19.3 Å². The van der Waals surface area contributed by atoms with Crippen molar-refractivity contribution < 1.29 is 18.7 Å². The van der Waals surface area contributed by atoms with Crippen molar-refractivity contribution >= 4 is 23.0 Å². The number of esters is 1. The van der Waals surface area contributed by atoms with Crippen molar-refractivity contribution in [2.75, 3.05) is 6.61 Å². The van der Waals surface area contributed by atoms with Crippen LogP contribution in [-0.2, 0) is 20.9 Å². The van der Waals surface area contributed by atoms with E-state index in [-0.39, 0.29) is 25.0 Å². The first-order chi connectivity index (χ1) is 13.0. The zero-order valence-corrected chi connectivity index (χ0v) is 15.6. The summed E-state index contributed by atoms with van der Waals surface area (Å²) in [4.78, 5) is 35.7. The number of nitrogens with one attached hydrogen (secondary N) is 1. The molecule has 2 unspecified atom stereocenters. The normalized spacial score (nSPS) is 19.7. The van der Waals surface area contributed by atoms with Crippen LogP contribution in [0.25, 0.3) is 11.1 Å². The van der Waals surface area contributed by atoms with Crippen molar-refractivity contribution in [3.8, 4) is 0 Å². The molecule has 1 N–H and O–H groups in total. The highest BCUT2D eigenvalue weighted by atomic mass is 16.5. The van der Waals surface area contributed by atoms with Crippen LogP contribution in [0, 0.1) is 5.92 Å². The Labute approximate surface area is 157 Å². The molecule has 146 valence electrons. The molecule has 7 nitrogen and oxygen atoms in total. The summed E-state index contributed by atoms with van der Waals surface area (Å²) < 4.78 is 11.7. The topological polar surface area (TPSA) is 90.5 Å². The zero-order valence-electron chi connectivity index (χ0n) is 15.6. The van der Waals surface area contributed by atoms with Gasteiger partial charge in [0.1, 0.15) is 0 Å². The van der Waals surface area contributed by atoms with Gasteiger partial charge in [-0.05, 0) is 37.3 Å². The highest BCUT2D eigenvalue weighted by molar-refractivity contribution is 5.80. The molecule has 0 saturated heterocycles. The van der Waals surface area contributed by atoms with Crippen molar-refractivity contribution in [2.24, 2.45) is 5.92 Å². The molecular formula is C20H26N2O5. The number of benzene rings is 1. The Morgan fingerprint density at radius 1 is 1.26 bits per heavy atom. The number of aryl methyl sites for hydroxylation is 1. The Morgan fingerprint density at radius 3 is 2.85 bits per heavy atom. The summed E-state index contributed by atoms with van der Waals surface area (Å²) in [5.41, 5.74) is 1.23. The van der Waals surface area contributed by atoms with Gasteiger partial charge in [-0.1, -0.05) is 31.9 Å². The van der Waals surface area contributed by atoms with Gasteiger partial charge in [0, 0.05) is 19.0 Å². The average molecular weight is 374 g/mol. The molecule has 1 aromatic carbocycles. The van der Waals surface area contributed by atoms with E-state index in [4.69, 9.17) is 9.15 Å². The number of rotatable bonds is 7. The number of carbonyl (C=O) groups excluding carboxylic acids is 2. The number of aromatic nitrogens is 1. The largest absolute Gasteiger partial charge is 0.456 e. The summed E-state index contributed by atoms with van der Waals surface area (Å²) in [6.07, 6.45) is 5.00. The van der Waals surface area contributed by atoms with E-state index in [0.29, 0.717) is 30.0 Å². The monoisotopic (exact) mass is 374 g/mol. The average Bonchev–Trinajstić information content (AvgIpc) is 2.97. The lowest BCUT2D eigenvalue weighted by Gasteiger charge is -2.29. The molecule has 1 aliphatic carbocycles. The van der Waals surface area contributed by atoms with E-state index in [1.165, 1.54) is 11.0 Å². The van der Waals surface area contributed by atoms with Crippen LogP contribution in [0.2, 0.25) is 0 Å². The van der Waals surface area contributed by atoms with E-state index < -0.39 is 11.7 Å². The first kappa shape index (κ1) is 19.2. The quantitative estimate of drug-likeness (QED) is 0.753. The van der Waals surface area contributed by atoms with E-state index in [9.17, 15) is 14.4 Å². The molecule has 1 saturated carbocycles. The van der Waals surface area contributed by atoms with E-state index >= 15 is 0 Å². The molecule has 0 spiro atoms. The fraction of sp³-hybridized carbons (Fsp3) is 0.550. The van der Waals surface area contributed by atoms with Gasteiger partial charge >= 0.3 is 11.7 Å². The van der Waals surface area contributed by atoms with Crippen LogP contribution in [-0.4, -0.2) is 29.1 Å². The number of nitrogens with zero attached hydrogens (tertiary/aromatic N) is 1. The maximum atomic E-state index is 12.0. The van der Waals surface area contributed by atoms with Crippen LogP contribution in [0.3, 0.4) is 0 Å².